The number of benzene rings is 1. The van der Waals surface area contributed by atoms with E-state index in [2.05, 4.69) is 10.2 Å². The number of anilines is 1. The van der Waals surface area contributed by atoms with Crippen LogP contribution in [0.4, 0.5) is 5.69 Å². The number of carbonyl (C=O) groups excluding carboxylic acids is 1. The average Bonchev–Trinajstić information content (AvgIpc) is 2.47. The predicted molar refractivity (Wildman–Crippen MR) is 84.9 cm³/mol. The van der Waals surface area contributed by atoms with Crippen LogP contribution in [0.25, 0.3) is 0 Å². The highest BCUT2D eigenvalue weighted by Crippen LogP contribution is 2.20. The zero-order chi connectivity index (χ0) is 14.8. The van der Waals surface area contributed by atoms with E-state index < -0.39 is 0 Å². The molecule has 1 N–H and O–H groups in total. The summed E-state index contributed by atoms with van der Waals surface area (Å²) in [6.45, 7) is 6.06. The second-order valence-electron chi connectivity index (χ2n) is 6.09. The number of hydrogen-bond acceptors (Lipinski definition) is 4. The molecular weight excluding hydrogens is 264 g/mol. The van der Waals surface area contributed by atoms with Gasteiger partial charge in [0.2, 0.25) is 0 Å². The molecule has 0 radical (unpaired) electrons. The van der Waals surface area contributed by atoms with Crippen LogP contribution in [-0.4, -0.2) is 75.1 Å². The van der Waals surface area contributed by atoms with Gasteiger partial charge in [0.1, 0.15) is 0 Å². The Morgan fingerprint density at radius 3 is 2.62 bits per heavy atom. The largest absolute Gasteiger partial charge is 0.378 e. The van der Waals surface area contributed by atoms with Crippen LogP contribution in [0.5, 0.6) is 0 Å². The molecule has 0 saturated carbocycles. The molecule has 114 valence electrons. The zero-order valence-corrected chi connectivity index (χ0v) is 12.9. The van der Waals surface area contributed by atoms with E-state index in [4.69, 9.17) is 0 Å². The Labute approximate surface area is 126 Å². The number of carbonyl (C=O) groups is 1. The fourth-order valence-electron chi connectivity index (χ4n) is 3.00. The molecular formula is C16H24N4O. The van der Waals surface area contributed by atoms with Crippen LogP contribution >= 0.6 is 0 Å². The summed E-state index contributed by atoms with van der Waals surface area (Å²) in [6, 6.07) is 8.41. The second kappa shape index (κ2) is 6.03. The Morgan fingerprint density at radius 1 is 1.24 bits per heavy atom. The maximum atomic E-state index is 12.5. The third-order valence-electron chi connectivity index (χ3n) is 4.43. The Hall–Kier alpha value is -1.59. The first-order chi connectivity index (χ1) is 10.1. The molecule has 1 aromatic rings. The molecule has 3 rings (SSSR count). The number of hydrogen-bond donors (Lipinski definition) is 1. The summed E-state index contributed by atoms with van der Waals surface area (Å²) in [5, 5.41) is 3.37. The van der Waals surface area contributed by atoms with Crippen LogP contribution < -0.4 is 10.2 Å². The van der Waals surface area contributed by atoms with Crippen molar-refractivity contribution in [2.75, 3.05) is 58.3 Å². The highest BCUT2D eigenvalue weighted by Gasteiger charge is 2.35. The van der Waals surface area contributed by atoms with E-state index >= 15 is 0 Å². The number of rotatable bonds is 3. The molecule has 0 spiro atoms. The van der Waals surface area contributed by atoms with Crippen molar-refractivity contribution >= 4 is 11.6 Å². The van der Waals surface area contributed by atoms with Crippen molar-refractivity contribution in [2.24, 2.45) is 0 Å². The molecule has 21 heavy (non-hydrogen) atoms. The lowest BCUT2D eigenvalue weighted by atomic mass is 10.0. The molecule has 2 heterocycles. The third-order valence-corrected chi connectivity index (χ3v) is 4.43. The molecule has 5 nitrogen and oxygen atoms in total. The van der Waals surface area contributed by atoms with Crippen molar-refractivity contribution in [3.8, 4) is 0 Å². The molecule has 2 aliphatic rings. The fourth-order valence-corrected chi connectivity index (χ4v) is 3.00. The standard InChI is InChI=1S/C16H24N4O/c1-18(2)14-5-3-4-13(10-14)16(21)20-11-15(12-20)19-8-6-17-7-9-19/h3-5,10,15,17H,6-9,11-12H2,1-2H3. The fraction of sp³-hybridized carbons (Fsp3) is 0.562. The molecule has 2 saturated heterocycles. The van der Waals surface area contributed by atoms with E-state index in [-0.39, 0.29) is 5.91 Å². The van der Waals surface area contributed by atoms with Crippen molar-refractivity contribution in [3.05, 3.63) is 29.8 Å². The lowest BCUT2D eigenvalue weighted by Gasteiger charge is -2.46. The van der Waals surface area contributed by atoms with Crippen LogP contribution in [0.2, 0.25) is 0 Å². The summed E-state index contributed by atoms with van der Waals surface area (Å²) in [5.41, 5.74) is 1.86. The lowest BCUT2D eigenvalue weighted by Crippen LogP contribution is -2.63. The third kappa shape index (κ3) is 3.04. The van der Waals surface area contributed by atoms with Crippen LogP contribution in [0.15, 0.2) is 24.3 Å². The van der Waals surface area contributed by atoms with Gasteiger partial charge in [0.05, 0.1) is 0 Å². The molecule has 0 aromatic heterocycles. The van der Waals surface area contributed by atoms with Crippen LogP contribution in [0.1, 0.15) is 10.4 Å². The molecule has 2 aliphatic heterocycles. The van der Waals surface area contributed by atoms with Crippen LogP contribution in [-0.2, 0) is 0 Å². The Kier molecular flexibility index (Phi) is 4.12. The number of amides is 1. The van der Waals surface area contributed by atoms with Gasteiger partial charge in [-0.05, 0) is 18.2 Å². The van der Waals surface area contributed by atoms with Gasteiger partial charge in [-0.15, -0.1) is 0 Å². The van der Waals surface area contributed by atoms with E-state index in [0.29, 0.717) is 6.04 Å². The minimum absolute atomic E-state index is 0.157. The molecule has 1 amide bonds. The van der Waals surface area contributed by atoms with Crippen molar-refractivity contribution in [1.29, 1.82) is 0 Å². The van der Waals surface area contributed by atoms with Crippen LogP contribution in [0.3, 0.4) is 0 Å². The van der Waals surface area contributed by atoms with Crippen molar-refractivity contribution in [1.82, 2.24) is 15.1 Å². The van der Waals surface area contributed by atoms with Gasteiger partial charge >= 0.3 is 0 Å². The number of likely N-dealkylation sites (tertiary alicyclic amines) is 1. The number of nitrogens with zero attached hydrogens (tertiary/aromatic N) is 3. The summed E-state index contributed by atoms with van der Waals surface area (Å²) in [5.74, 6) is 0.157. The van der Waals surface area contributed by atoms with Gasteiger partial charge in [-0.3, -0.25) is 9.69 Å². The van der Waals surface area contributed by atoms with Crippen molar-refractivity contribution < 1.29 is 4.79 Å². The van der Waals surface area contributed by atoms with Gasteiger partial charge in [0.25, 0.3) is 5.91 Å². The van der Waals surface area contributed by atoms with Gasteiger partial charge in [0, 0.05) is 70.7 Å². The maximum absolute atomic E-state index is 12.5. The first-order valence-electron chi connectivity index (χ1n) is 7.66. The SMILES string of the molecule is CN(C)c1cccc(C(=O)N2CC(N3CCNCC3)C2)c1. The molecule has 5 heteroatoms. The van der Waals surface area contributed by atoms with E-state index in [9.17, 15) is 4.79 Å². The lowest BCUT2D eigenvalue weighted by molar-refractivity contribution is 0.0227. The summed E-state index contributed by atoms with van der Waals surface area (Å²) < 4.78 is 0. The minimum Gasteiger partial charge on any atom is -0.378 e. The first kappa shape index (κ1) is 14.4. The molecule has 0 aliphatic carbocycles. The number of nitrogens with one attached hydrogen (secondary N) is 1. The summed E-state index contributed by atoms with van der Waals surface area (Å²) in [7, 11) is 3.99. The topological polar surface area (TPSA) is 38.8 Å². The molecule has 0 atom stereocenters. The maximum Gasteiger partial charge on any atom is 0.254 e. The highest BCUT2D eigenvalue weighted by molar-refractivity contribution is 5.95. The van der Waals surface area contributed by atoms with Gasteiger partial charge in [-0.1, -0.05) is 6.07 Å². The van der Waals surface area contributed by atoms with Gasteiger partial charge in [0.15, 0.2) is 0 Å². The minimum atomic E-state index is 0.157. The Bertz CT molecular complexity index is 505. The van der Waals surface area contributed by atoms with E-state index in [0.717, 1.165) is 50.5 Å². The van der Waals surface area contributed by atoms with Crippen molar-refractivity contribution in [2.45, 2.75) is 6.04 Å². The molecule has 2 fully saturated rings. The quantitative estimate of drug-likeness (QED) is 0.878. The summed E-state index contributed by atoms with van der Waals surface area (Å²) in [6.07, 6.45) is 0. The van der Waals surface area contributed by atoms with E-state index in [1.54, 1.807) is 0 Å². The molecule has 1 aromatic carbocycles. The molecule has 0 bridgehead atoms. The Morgan fingerprint density at radius 2 is 1.95 bits per heavy atom. The predicted octanol–water partition coefficient (Wildman–Crippen LogP) is 0.482. The smallest absolute Gasteiger partial charge is 0.254 e. The zero-order valence-electron chi connectivity index (χ0n) is 12.9. The monoisotopic (exact) mass is 288 g/mol. The Balaban J connectivity index is 1.59. The highest BCUT2D eigenvalue weighted by atomic mass is 16.2. The van der Waals surface area contributed by atoms with Gasteiger partial charge in [-0.25, -0.2) is 0 Å². The average molecular weight is 288 g/mol. The number of piperazine rings is 1. The first-order valence-corrected chi connectivity index (χ1v) is 7.66. The normalized spacial score (nSPS) is 20.2. The van der Waals surface area contributed by atoms with E-state index in [1.807, 2.05) is 48.2 Å². The second-order valence-corrected chi connectivity index (χ2v) is 6.09. The van der Waals surface area contributed by atoms with Gasteiger partial charge < -0.3 is 15.1 Å². The summed E-state index contributed by atoms with van der Waals surface area (Å²) in [4.78, 5) is 19.0. The van der Waals surface area contributed by atoms with Crippen LogP contribution in [0, 0.1) is 0 Å². The van der Waals surface area contributed by atoms with Crippen molar-refractivity contribution in [3.63, 3.8) is 0 Å². The van der Waals surface area contributed by atoms with E-state index in [1.165, 1.54) is 0 Å². The molecule has 0 unspecified atom stereocenters. The van der Waals surface area contributed by atoms with Gasteiger partial charge in [-0.2, -0.15) is 0 Å². The summed E-state index contributed by atoms with van der Waals surface area (Å²) >= 11 is 0.